The highest BCUT2D eigenvalue weighted by Crippen LogP contribution is 2.25. The summed E-state index contributed by atoms with van der Waals surface area (Å²) < 4.78 is 0. The van der Waals surface area contributed by atoms with E-state index in [2.05, 4.69) is 10.3 Å². The first kappa shape index (κ1) is 13.6. The molecule has 0 radical (unpaired) electrons. The van der Waals surface area contributed by atoms with Crippen LogP contribution in [0.5, 0.6) is 0 Å². The van der Waals surface area contributed by atoms with Crippen LogP contribution in [0.4, 0.5) is 5.69 Å². The molecule has 9 nitrogen and oxygen atoms in total. The summed E-state index contributed by atoms with van der Waals surface area (Å²) in [5.74, 6) is -2.38. The zero-order valence-corrected chi connectivity index (χ0v) is 10.3. The summed E-state index contributed by atoms with van der Waals surface area (Å²) in [5, 5.41) is 28.4. The van der Waals surface area contributed by atoms with Gasteiger partial charge in [-0.1, -0.05) is 16.8 Å². The van der Waals surface area contributed by atoms with Gasteiger partial charge < -0.3 is 5.11 Å². The maximum Gasteiger partial charge on any atom is 0.356 e. The summed E-state index contributed by atoms with van der Waals surface area (Å²) >= 11 is 5.63. The molecule has 0 aliphatic carbocycles. The molecule has 1 aromatic carbocycles. The van der Waals surface area contributed by atoms with E-state index >= 15 is 0 Å². The van der Waals surface area contributed by atoms with Crippen molar-refractivity contribution in [2.24, 2.45) is 0 Å². The van der Waals surface area contributed by atoms with E-state index in [-0.39, 0.29) is 10.6 Å². The standard InChI is InChI=1S/C10H5ClN4O5/c11-4-1-2-5(6(3-4)15(19)20)9(16)7-8(10(17)18)13-14-12-7/h1-3H,(H,17,18)(H,12,13,14). The van der Waals surface area contributed by atoms with Gasteiger partial charge in [-0.25, -0.2) is 4.79 Å². The van der Waals surface area contributed by atoms with E-state index < -0.39 is 33.8 Å². The molecular weight excluding hydrogens is 292 g/mol. The highest BCUT2D eigenvalue weighted by molar-refractivity contribution is 6.31. The summed E-state index contributed by atoms with van der Waals surface area (Å²) in [6.45, 7) is 0. The molecule has 0 amide bonds. The number of hydrogen-bond acceptors (Lipinski definition) is 6. The van der Waals surface area contributed by atoms with Gasteiger partial charge >= 0.3 is 5.97 Å². The average Bonchev–Trinajstić information content (AvgIpc) is 2.87. The number of ketones is 1. The highest BCUT2D eigenvalue weighted by Gasteiger charge is 2.28. The number of H-pyrrole nitrogens is 1. The summed E-state index contributed by atoms with van der Waals surface area (Å²) in [7, 11) is 0. The Kier molecular flexibility index (Phi) is 3.44. The molecule has 2 aromatic rings. The van der Waals surface area contributed by atoms with Gasteiger partial charge in [-0.2, -0.15) is 0 Å². The van der Waals surface area contributed by atoms with Crippen molar-refractivity contribution in [1.29, 1.82) is 0 Å². The van der Waals surface area contributed by atoms with Gasteiger partial charge in [-0.05, 0) is 12.1 Å². The number of halogens is 1. The van der Waals surface area contributed by atoms with E-state index in [0.717, 1.165) is 12.1 Å². The number of rotatable bonds is 4. The van der Waals surface area contributed by atoms with Gasteiger partial charge in [0.15, 0.2) is 11.4 Å². The molecule has 0 saturated carbocycles. The normalized spacial score (nSPS) is 10.2. The first-order valence-electron chi connectivity index (χ1n) is 5.04. The van der Waals surface area contributed by atoms with Crippen LogP contribution in [0.25, 0.3) is 0 Å². The molecule has 0 atom stereocenters. The van der Waals surface area contributed by atoms with Gasteiger partial charge in [-0.3, -0.25) is 20.0 Å². The zero-order valence-electron chi connectivity index (χ0n) is 9.53. The molecule has 0 aliphatic heterocycles. The largest absolute Gasteiger partial charge is 0.476 e. The first-order chi connectivity index (χ1) is 9.41. The number of nitrogens with one attached hydrogen (secondary N) is 1. The number of nitro groups is 1. The number of aromatic amines is 1. The Balaban J connectivity index is 2.57. The second kappa shape index (κ2) is 5.05. The van der Waals surface area contributed by atoms with Crippen LogP contribution in [-0.2, 0) is 0 Å². The number of aromatic nitrogens is 3. The van der Waals surface area contributed by atoms with Crippen LogP contribution < -0.4 is 0 Å². The Morgan fingerprint density at radius 1 is 1.40 bits per heavy atom. The summed E-state index contributed by atoms with van der Waals surface area (Å²) in [6.07, 6.45) is 0. The van der Waals surface area contributed by atoms with Gasteiger partial charge in [0.1, 0.15) is 5.56 Å². The third kappa shape index (κ3) is 2.34. The van der Waals surface area contributed by atoms with Crippen molar-refractivity contribution in [3.05, 3.63) is 50.3 Å². The zero-order chi connectivity index (χ0) is 14.9. The number of aromatic carboxylic acids is 1. The van der Waals surface area contributed by atoms with Crippen molar-refractivity contribution in [1.82, 2.24) is 15.4 Å². The topological polar surface area (TPSA) is 139 Å². The summed E-state index contributed by atoms with van der Waals surface area (Å²) in [6, 6.07) is 3.40. The minimum absolute atomic E-state index is 0.0758. The molecule has 20 heavy (non-hydrogen) atoms. The molecule has 10 heteroatoms. The van der Waals surface area contributed by atoms with Gasteiger partial charge in [0, 0.05) is 11.1 Å². The van der Waals surface area contributed by atoms with Crippen molar-refractivity contribution in [2.75, 3.05) is 0 Å². The number of carbonyl (C=O) groups is 2. The minimum atomic E-state index is -1.45. The van der Waals surface area contributed by atoms with Gasteiger partial charge in [0.25, 0.3) is 5.69 Å². The molecule has 0 saturated heterocycles. The number of carboxylic acids is 1. The first-order valence-corrected chi connectivity index (χ1v) is 5.42. The van der Waals surface area contributed by atoms with Crippen LogP contribution in [0, 0.1) is 10.1 Å². The fourth-order valence-corrected chi connectivity index (χ4v) is 1.68. The Bertz CT molecular complexity index is 726. The number of nitrogens with zero attached hydrogens (tertiary/aromatic N) is 3. The van der Waals surface area contributed by atoms with Crippen molar-refractivity contribution in [2.45, 2.75) is 0 Å². The van der Waals surface area contributed by atoms with Crippen molar-refractivity contribution >= 4 is 29.0 Å². The lowest BCUT2D eigenvalue weighted by Gasteiger charge is -2.01. The van der Waals surface area contributed by atoms with Gasteiger partial charge in [0.2, 0.25) is 5.78 Å². The maximum absolute atomic E-state index is 12.1. The minimum Gasteiger partial charge on any atom is -0.476 e. The van der Waals surface area contributed by atoms with Crippen LogP contribution in [0.3, 0.4) is 0 Å². The molecule has 0 unspecified atom stereocenters. The van der Waals surface area contributed by atoms with E-state index in [4.69, 9.17) is 16.7 Å². The van der Waals surface area contributed by atoms with E-state index in [0.29, 0.717) is 0 Å². The van der Waals surface area contributed by atoms with E-state index in [1.807, 2.05) is 5.10 Å². The molecular formula is C10H5ClN4O5. The van der Waals surface area contributed by atoms with Gasteiger partial charge in [0.05, 0.1) is 4.92 Å². The Labute approximate surface area is 115 Å². The quantitative estimate of drug-likeness (QED) is 0.492. The molecule has 0 bridgehead atoms. The van der Waals surface area contributed by atoms with E-state index in [1.54, 1.807) is 0 Å². The van der Waals surface area contributed by atoms with Crippen LogP contribution in [0.1, 0.15) is 26.5 Å². The van der Waals surface area contributed by atoms with Crippen LogP contribution in [0.15, 0.2) is 18.2 Å². The molecule has 0 aliphatic rings. The molecule has 1 aromatic heterocycles. The second-order valence-electron chi connectivity index (χ2n) is 3.59. The SMILES string of the molecule is O=C(c1ccc(Cl)cc1[N+](=O)[O-])c1nn[nH]c1C(=O)O. The number of carboxylic acid groups (broad SMARTS) is 1. The fourth-order valence-electron chi connectivity index (χ4n) is 1.51. The number of carbonyl (C=O) groups excluding carboxylic acids is 1. The lowest BCUT2D eigenvalue weighted by atomic mass is 10.0. The predicted molar refractivity (Wildman–Crippen MR) is 64.9 cm³/mol. The Hall–Kier alpha value is -2.81. The van der Waals surface area contributed by atoms with Gasteiger partial charge in [-0.15, -0.1) is 5.10 Å². The molecule has 102 valence electrons. The molecule has 2 rings (SSSR count). The third-order valence-corrected chi connectivity index (χ3v) is 2.61. The molecule has 0 spiro atoms. The molecule has 0 fully saturated rings. The summed E-state index contributed by atoms with van der Waals surface area (Å²) in [5.41, 5.74) is -1.92. The monoisotopic (exact) mass is 296 g/mol. The Morgan fingerprint density at radius 2 is 2.10 bits per heavy atom. The lowest BCUT2D eigenvalue weighted by molar-refractivity contribution is -0.385. The van der Waals surface area contributed by atoms with Crippen molar-refractivity contribution in [3.63, 3.8) is 0 Å². The van der Waals surface area contributed by atoms with E-state index in [9.17, 15) is 19.7 Å². The highest BCUT2D eigenvalue weighted by atomic mass is 35.5. The number of nitro benzene ring substituents is 1. The van der Waals surface area contributed by atoms with Crippen LogP contribution in [0.2, 0.25) is 5.02 Å². The Morgan fingerprint density at radius 3 is 2.70 bits per heavy atom. The smallest absolute Gasteiger partial charge is 0.356 e. The molecule has 1 heterocycles. The lowest BCUT2D eigenvalue weighted by Crippen LogP contribution is -2.11. The maximum atomic E-state index is 12.1. The third-order valence-electron chi connectivity index (χ3n) is 2.38. The summed E-state index contributed by atoms with van der Waals surface area (Å²) in [4.78, 5) is 33.1. The van der Waals surface area contributed by atoms with Crippen LogP contribution >= 0.6 is 11.6 Å². The average molecular weight is 297 g/mol. The number of hydrogen-bond donors (Lipinski definition) is 2. The second-order valence-corrected chi connectivity index (χ2v) is 4.02. The molecule has 2 N–H and O–H groups in total. The van der Waals surface area contributed by atoms with E-state index in [1.165, 1.54) is 6.07 Å². The fraction of sp³-hybridized carbons (Fsp3) is 0. The number of benzene rings is 1. The van der Waals surface area contributed by atoms with Crippen LogP contribution in [-0.4, -0.2) is 37.2 Å². The van der Waals surface area contributed by atoms with Crippen molar-refractivity contribution in [3.8, 4) is 0 Å². The van der Waals surface area contributed by atoms with Crippen molar-refractivity contribution < 1.29 is 19.6 Å². The predicted octanol–water partition coefficient (Wildman–Crippen LogP) is 1.30.